The summed E-state index contributed by atoms with van der Waals surface area (Å²) in [6.45, 7) is 10.6. The topological polar surface area (TPSA) is 96.9 Å². The number of phenols is 1. The van der Waals surface area contributed by atoms with Gasteiger partial charge in [0, 0.05) is 6.42 Å². The van der Waals surface area contributed by atoms with E-state index in [2.05, 4.69) is 38.2 Å². The van der Waals surface area contributed by atoms with Crippen LogP contribution in [-0.2, 0) is 16.0 Å². The van der Waals surface area contributed by atoms with Crippen LogP contribution < -0.4 is 11.2 Å². The van der Waals surface area contributed by atoms with Crippen LogP contribution in [0.25, 0.3) is 0 Å². The van der Waals surface area contributed by atoms with Crippen LogP contribution in [-0.4, -0.2) is 29.4 Å². The predicted octanol–water partition coefficient (Wildman–Crippen LogP) is 4.55. The molecule has 1 aromatic carbocycles. The molecule has 2 unspecified atom stereocenters. The highest BCUT2D eigenvalue weighted by Crippen LogP contribution is 2.43. The average Bonchev–Trinajstić information content (AvgIpc) is 2.68. The second-order valence-corrected chi connectivity index (χ2v) is 8.99. The first-order valence-electron chi connectivity index (χ1n) is 10.5. The number of esters is 1. The van der Waals surface area contributed by atoms with Crippen LogP contribution in [0.2, 0.25) is 0 Å². The maximum Gasteiger partial charge on any atom is 0.312 e. The van der Waals surface area contributed by atoms with E-state index in [1.54, 1.807) is 12.1 Å². The van der Waals surface area contributed by atoms with Crippen molar-refractivity contribution in [1.29, 1.82) is 0 Å². The Hall–Kier alpha value is -2.60. The van der Waals surface area contributed by atoms with Gasteiger partial charge in [0.15, 0.2) is 0 Å². The van der Waals surface area contributed by atoms with Crippen LogP contribution in [0.3, 0.4) is 0 Å². The van der Waals surface area contributed by atoms with Gasteiger partial charge in [-0.2, -0.15) is 5.10 Å². The number of benzene rings is 1. The zero-order chi connectivity index (χ0) is 22.4. The molecule has 0 saturated carbocycles. The van der Waals surface area contributed by atoms with Gasteiger partial charge in [0.05, 0.1) is 29.5 Å². The van der Waals surface area contributed by atoms with Gasteiger partial charge in [0.25, 0.3) is 0 Å². The summed E-state index contributed by atoms with van der Waals surface area (Å²) < 4.78 is 5.65. The number of ether oxygens (including phenoxy) is 1. The molecule has 30 heavy (non-hydrogen) atoms. The molecule has 0 aliphatic heterocycles. The Bertz CT molecular complexity index is 837. The summed E-state index contributed by atoms with van der Waals surface area (Å²) in [7, 11) is 0. The molecular formula is C24H35N3O3. The predicted molar refractivity (Wildman–Crippen MR) is 123 cm³/mol. The van der Waals surface area contributed by atoms with Crippen molar-refractivity contribution in [3.63, 3.8) is 0 Å². The van der Waals surface area contributed by atoms with E-state index < -0.39 is 5.41 Å². The molecule has 6 nitrogen and oxygen atoms in total. The van der Waals surface area contributed by atoms with Crippen molar-refractivity contribution in [3.05, 3.63) is 48.1 Å². The molecule has 2 rings (SSSR count). The zero-order valence-electron chi connectivity index (χ0n) is 18.7. The molecule has 0 saturated heterocycles. The molecule has 2 atom stereocenters. The highest BCUT2D eigenvalue weighted by molar-refractivity contribution is 6.02. The number of nitrogens with zero attached hydrogens (tertiary/aromatic N) is 1. The number of carbonyl (C=O) groups is 1. The zero-order valence-corrected chi connectivity index (χ0v) is 18.7. The van der Waals surface area contributed by atoms with Gasteiger partial charge >= 0.3 is 5.97 Å². The molecule has 0 bridgehead atoms. The smallest absolute Gasteiger partial charge is 0.312 e. The van der Waals surface area contributed by atoms with E-state index in [-0.39, 0.29) is 29.8 Å². The second kappa shape index (κ2) is 9.94. The van der Waals surface area contributed by atoms with Crippen LogP contribution in [0, 0.1) is 10.8 Å². The van der Waals surface area contributed by atoms with E-state index >= 15 is 0 Å². The summed E-state index contributed by atoms with van der Waals surface area (Å²) in [6.07, 6.45) is 9.65. The molecule has 4 N–H and O–H groups in total. The molecule has 0 radical (unpaired) electrons. The van der Waals surface area contributed by atoms with E-state index in [0.29, 0.717) is 17.8 Å². The first kappa shape index (κ1) is 23.7. The maximum absolute atomic E-state index is 12.8. The summed E-state index contributed by atoms with van der Waals surface area (Å²) >= 11 is 0. The molecule has 0 heterocycles. The largest absolute Gasteiger partial charge is 0.506 e. The number of phenolic OH excluding ortho intramolecular Hbond substituents is 1. The van der Waals surface area contributed by atoms with Gasteiger partial charge in [-0.1, -0.05) is 58.4 Å². The number of nitrogens with one attached hydrogen (secondary N) is 1. The van der Waals surface area contributed by atoms with Crippen molar-refractivity contribution in [2.24, 2.45) is 21.7 Å². The Labute approximate surface area is 179 Å². The van der Waals surface area contributed by atoms with E-state index in [9.17, 15) is 9.90 Å². The van der Waals surface area contributed by atoms with E-state index in [1.807, 2.05) is 37.3 Å². The van der Waals surface area contributed by atoms with Gasteiger partial charge < -0.3 is 15.6 Å². The quantitative estimate of drug-likeness (QED) is 0.330. The van der Waals surface area contributed by atoms with Gasteiger partial charge in [0.1, 0.15) is 5.75 Å². The van der Waals surface area contributed by atoms with Crippen molar-refractivity contribution >= 4 is 17.4 Å². The minimum absolute atomic E-state index is 0.0900. The summed E-state index contributed by atoms with van der Waals surface area (Å²) in [6, 6.07) is 4.93. The number of allylic oxidation sites excluding steroid dienone is 2. The summed E-state index contributed by atoms with van der Waals surface area (Å²) in [5.74, 6) is -0.0706. The molecule has 0 aromatic heterocycles. The number of anilines is 1. The Morgan fingerprint density at radius 2 is 2.00 bits per heavy atom. The Morgan fingerprint density at radius 3 is 2.63 bits per heavy atom. The molecule has 1 aliphatic rings. The Balaban J connectivity index is 2.00. The van der Waals surface area contributed by atoms with Crippen molar-refractivity contribution < 1.29 is 14.6 Å². The fourth-order valence-corrected chi connectivity index (χ4v) is 3.32. The van der Waals surface area contributed by atoms with Gasteiger partial charge in [-0.3, -0.25) is 10.2 Å². The molecule has 0 spiro atoms. The van der Waals surface area contributed by atoms with Crippen LogP contribution in [0.4, 0.5) is 5.69 Å². The number of hydrogen-bond donors (Lipinski definition) is 3. The van der Waals surface area contributed by atoms with Crippen molar-refractivity contribution in [3.8, 4) is 5.75 Å². The van der Waals surface area contributed by atoms with Crippen molar-refractivity contribution in [1.82, 2.24) is 0 Å². The van der Waals surface area contributed by atoms with Gasteiger partial charge in [-0.05, 0) is 42.5 Å². The van der Waals surface area contributed by atoms with Gasteiger partial charge in [0.2, 0.25) is 0 Å². The fourth-order valence-electron chi connectivity index (χ4n) is 3.32. The molecule has 6 heteroatoms. The lowest BCUT2D eigenvalue weighted by Crippen LogP contribution is -2.41. The molecule has 1 aromatic rings. The van der Waals surface area contributed by atoms with Gasteiger partial charge in [-0.25, -0.2) is 0 Å². The lowest BCUT2D eigenvalue weighted by Gasteiger charge is -2.39. The highest BCUT2D eigenvalue weighted by atomic mass is 16.5. The summed E-state index contributed by atoms with van der Waals surface area (Å²) in [5.41, 5.74) is 10.2. The first-order valence-corrected chi connectivity index (χ1v) is 10.5. The van der Waals surface area contributed by atoms with E-state index in [0.717, 1.165) is 18.4 Å². The fraction of sp³-hybridized carbons (Fsp3) is 0.500. The van der Waals surface area contributed by atoms with Crippen molar-refractivity contribution in [2.45, 2.75) is 59.9 Å². The number of aromatic hydroxyl groups is 1. The highest BCUT2D eigenvalue weighted by Gasteiger charge is 2.44. The third-order valence-electron chi connectivity index (χ3n) is 5.88. The van der Waals surface area contributed by atoms with Crippen LogP contribution in [0.1, 0.15) is 53.0 Å². The number of carbonyl (C=O) groups excluding carboxylic acids is 1. The van der Waals surface area contributed by atoms with Crippen LogP contribution >= 0.6 is 0 Å². The Kier molecular flexibility index (Phi) is 7.84. The number of nitrogens with two attached hydrogens (primary N) is 1. The van der Waals surface area contributed by atoms with E-state index in [4.69, 9.17) is 10.5 Å². The standard InChI is InChI=1S/C24H35N3O3/c1-6-14-24(5,23(2,3)4)22(29)30-15-13-17-11-12-21(28)20(16-17)27-26-19-10-8-7-9-18(19)25/h7-12,16,18,27-28H,6,13-15,25H2,1-5H3/b26-19-. The minimum Gasteiger partial charge on any atom is -0.506 e. The number of rotatable bonds is 8. The van der Waals surface area contributed by atoms with Crippen molar-refractivity contribution in [2.75, 3.05) is 12.0 Å². The third kappa shape index (κ3) is 5.72. The first-order chi connectivity index (χ1) is 14.1. The van der Waals surface area contributed by atoms with Crippen LogP contribution in [0.5, 0.6) is 5.75 Å². The lowest BCUT2D eigenvalue weighted by molar-refractivity contribution is -0.162. The minimum atomic E-state index is -0.528. The molecule has 0 amide bonds. The monoisotopic (exact) mass is 413 g/mol. The molecule has 0 fully saturated rings. The Morgan fingerprint density at radius 1 is 1.27 bits per heavy atom. The SMILES string of the molecule is CCCC(C)(C(=O)OCCc1ccc(O)c(N/N=C2/C=CC=CC2N)c1)C(C)(C)C. The summed E-state index contributed by atoms with van der Waals surface area (Å²) in [5, 5.41) is 14.4. The van der Waals surface area contributed by atoms with Crippen LogP contribution in [0.15, 0.2) is 47.6 Å². The van der Waals surface area contributed by atoms with E-state index in [1.165, 1.54) is 0 Å². The third-order valence-corrected chi connectivity index (χ3v) is 5.88. The van der Waals surface area contributed by atoms with Gasteiger partial charge in [-0.15, -0.1) is 0 Å². The second-order valence-electron chi connectivity index (χ2n) is 8.99. The normalized spacial score (nSPS) is 19.5. The number of hydrazone groups is 1. The maximum atomic E-state index is 12.8. The number of hydrogen-bond acceptors (Lipinski definition) is 6. The lowest BCUT2D eigenvalue weighted by atomic mass is 9.65. The average molecular weight is 414 g/mol. The molecule has 164 valence electrons. The molecular weight excluding hydrogens is 378 g/mol. The summed E-state index contributed by atoms with van der Waals surface area (Å²) in [4.78, 5) is 12.8. The molecule has 1 aliphatic carbocycles.